The Bertz CT molecular complexity index is 1000. The van der Waals surface area contributed by atoms with Gasteiger partial charge < -0.3 is 25.0 Å². The highest BCUT2D eigenvalue weighted by atomic mass is 16.5. The molecule has 2 heterocycles. The predicted molar refractivity (Wildman–Crippen MR) is 116 cm³/mol. The predicted octanol–water partition coefficient (Wildman–Crippen LogP) is 3.88. The minimum atomic E-state index is -0.168. The van der Waals surface area contributed by atoms with E-state index in [1.807, 2.05) is 18.2 Å². The molecule has 164 valence electrons. The average Bonchev–Trinajstić information content (AvgIpc) is 2.77. The molecule has 4 bridgehead atoms. The van der Waals surface area contributed by atoms with Gasteiger partial charge in [-0.05, 0) is 73.9 Å². The van der Waals surface area contributed by atoms with Crippen molar-refractivity contribution in [3.8, 4) is 28.4 Å². The lowest BCUT2D eigenvalue weighted by atomic mass is 9.68. The van der Waals surface area contributed by atoms with Crippen molar-refractivity contribution in [1.82, 2.24) is 5.32 Å². The molecule has 6 heteroatoms. The van der Waals surface area contributed by atoms with E-state index in [0.29, 0.717) is 42.1 Å². The molecule has 4 atom stereocenters. The van der Waals surface area contributed by atoms with Gasteiger partial charge in [-0.25, -0.2) is 0 Å². The van der Waals surface area contributed by atoms with Crippen LogP contribution in [-0.2, 0) is 16.0 Å². The summed E-state index contributed by atoms with van der Waals surface area (Å²) in [4.78, 5) is 12.6. The Morgan fingerprint density at radius 3 is 2.84 bits per heavy atom. The molecular weight excluding hydrogens is 394 g/mol. The average molecular weight is 424 g/mol. The number of rotatable bonds is 1. The first-order chi connectivity index (χ1) is 15.0. The lowest BCUT2D eigenvalue weighted by molar-refractivity contribution is -0.152. The molecule has 1 aliphatic carbocycles. The molecule has 31 heavy (non-hydrogen) atoms. The summed E-state index contributed by atoms with van der Waals surface area (Å²) in [6.45, 7) is 0.959. The van der Waals surface area contributed by atoms with Gasteiger partial charge in [0.1, 0.15) is 11.9 Å². The maximum absolute atomic E-state index is 12.6. The highest BCUT2D eigenvalue weighted by Crippen LogP contribution is 2.50. The maximum atomic E-state index is 12.6. The van der Waals surface area contributed by atoms with Gasteiger partial charge in [-0.15, -0.1) is 0 Å². The first-order valence-electron chi connectivity index (χ1n) is 11.2. The minimum absolute atomic E-state index is 0.0380. The normalized spacial score (nSPS) is 27.7. The minimum Gasteiger partial charge on any atom is -0.507 e. The summed E-state index contributed by atoms with van der Waals surface area (Å²) in [5.74, 6) is 0.808. The van der Waals surface area contributed by atoms with Crippen LogP contribution >= 0.6 is 0 Å². The monoisotopic (exact) mass is 423 g/mol. The van der Waals surface area contributed by atoms with Crippen LogP contribution in [0, 0.1) is 5.92 Å². The van der Waals surface area contributed by atoms with Crippen LogP contribution in [0.15, 0.2) is 30.3 Å². The number of carbonyl (C=O) groups is 1. The Hall–Kier alpha value is -2.73. The number of aromatic hydroxyl groups is 2. The van der Waals surface area contributed by atoms with Crippen molar-refractivity contribution in [3.63, 3.8) is 0 Å². The number of benzene rings is 2. The quantitative estimate of drug-likeness (QED) is 0.604. The van der Waals surface area contributed by atoms with Crippen molar-refractivity contribution in [2.45, 2.75) is 56.6 Å². The number of phenols is 2. The molecule has 1 saturated heterocycles. The summed E-state index contributed by atoms with van der Waals surface area (Å²) in [7, 11) is 1.53. The second kappa shape index (κ2) is 8.08. The van der Waals surface area contributed by atoms with Crippen molar-refractivity contribution in [2.24, 2.45) is 5.92 Å². The number of phenolic OH excluding ortho intramolecular Hbond substituents is 2. The van der Waals surface area contributed by atoms with Crippen molar-refractivity contribution in [3.05, 3.63) is 41.5 Å². The lowest BCUT2D eigenvalue weighted by Gasteiger charge is -2.45. The number of hydrogen-bond acceptors (Lipinski definition) is 6. The second-order valence-electron chi connectivity index (χ2n) is 9.00. The van der Waals surface area contributed by atoms with Crippen LogP contribution in [-0.4, -0.2) is 42.0 Å². The fraction of sp³-hybridized carbons (Fsp3) is 0.480. The van der Waals surface area contributed by atoms with E-state index < -0.39 is 0 Å². The molecule has 0 radical (unpaired) electrons. The first-order valence-corrected chi connectivity index (χ1v) is 11.2. The molecule has 1 saturated carbocycles. The largest absolute Gasteiger partial charge is 0.507 e. The van der Waals surface area contributed by atoms with Crippen molar-refractivity contribution in [2.75, 3.05) is 13.7 Å². The number of carbonyl (C=O) groups excluding carboxylic acids is 1. The van der Waals surface area contributed by atoms with Crippen LogP contribution in [0.25, 0.3) is 11.1 Å². The van der Waals surface area contributed by atoms with Gasteiger partial charge in [0.2, 0.25) is 0 Å². The third kappa shape index (κ3) is 3.63. The molecule has 3 aliphatic rings. The SMILES string of the molecule is COc1ccc2c(c1O)-c1cc(ccc1O)CCC(=O)O[C@H]1CC3CCCNC3C2C1. The Kier molecular flexibility index (Phi) is 5.26. The summed E-state index contributed by atoms with van der Waals surface area (Å²) in [5, 5.41) is 25.6. The van der Waals surface area contributed by atoms with E-state index in [9.17, 15) is 15.0 Å². The van der Waals surface area contributed by atoms with Crippen LogP contribution in [0.4, 0.5) is 0 Å². The molecule has 3 N–H and O–H groups in total. The third-order valence-electron chi connectivity index (χ3n) is 7.19. The number of hydrogen-bond donors (Lipinski definition) is 3. The number of ether oxygens (including phenoxy) is 2. The second-order valence-corrected chi connectivity index (χ2v) is 9.00. The zero-order chi connectivity index (χ0) is 21.5. The number of methoxy groups -OCH3 is 1. The summed E-state index contributed by atoms with van der Waals surface area (Å²) < 4.78 is 11.3. The molecule has 2 aromatic carbocycles. The van der Waals surface area contributed by atoms with Crippen LogP contribution in [0.2, 0.25) is 0 Å². The molecule has 2 fully saturated rings. The van der Waals surface area contributed by atoms with Gasteiger partial charge in [-0.1, -0.05) is 12.1 Å². The lowest BCUT2D eigenvalue weighted by Crippen LogP contribution is -2.51. The van der Waals surface area contributed by atoms with E-state index in [1.165, 1.54) is 7.11 Å². The molecule has 6 nitrogen and oxygen atoms in total. The highest BCUT2D eigenvalue weighted by molar-refractivity contribution is 5.82. The molecule has 2 aromatic rings. The third-order valence-corrected chi connectivity index (χ3v) is 7.19. The van der Waals surface area contributed by atoms with Gasteiger partial charge in [0.15, 0.2) is 11.5 Å². The standard InChI is InChI=1S/C25H29NO5/c1-30-21-8-6-17-18-13-16(12-15-3-2-10-26-24(15)18)31-22(28)9-5-14-4-7-20(27)19(11-14)23(17)25(21)29/h4,6-8,11,15-16,18,24,26-27,29H,2-3,5,9-10,12-13H2,1H3/t15?,16-,18?,24?/m0/s1. The Labute approximate surface area is 182 Å². The molecule has 5 rings (SSSR count). The number of nitrogens with one attached hydrogen (secondary N) is 1. The number of piperidine rings is 1. The smallest absolute Gasteiger partial charge is 0.306 e. The van der Waals surface area contributed by atoms with Crippen molar-refractivity contribution < 1.29 is 24.5 Å². The Balaban J connectivity index is 1.73. The van der Waals surface area contributed by atoms with E-state index >= 15 is 0 Å². The van der Waals surface area contributed by atoms with Gasteiger partial charge >= 0.3 is 5.97 Å². The van der Waals surface area contributed by atoms with E-state index in [-0.39, 0.29) is 35.5 Å². The number of esters is 1. The highest BCUT2D eigenvalue weighted by Gasteiger charge is 2.42. The summed E-state index contributed by atoms with van der Waals surface area (Å²) in [6.07, 6.45) is 4.46. The van der Waals surface area contributed by atoms with E-state index in [0.717, 1.165) is 36.9 Å². The zero-order valence-corrected chi connectivity index (χ0v) is 17.8. The van der Waals surface area contributed by atoms with Gasteiger partial charge in [-0.2, -0.15) is 0 Å². The van der Waals surface area contributed by atoms with Gasteiger partial charge in [-0.3, -0.25) is 4.79 Å². The van der Waals surface area contributed by atoms with Gasteiger partial charge in [0.05, 0.1) is 7.11 Å². The fourth-order valence-electron chi connectivity index (χ4n) is 5.77. The maximum Gasteiger partial charge on any atom is 0.306 e. The Morgan fingerprint density at radius 1 is 1.13 bits per heavy atom. The van der Waals surface area contributed by atoms with Crippen LogP contribution in [0.1, 0.15) is 49.1 Å². The van der Waals surface area contributed by atoms with Gasteiger partial charge in [0.25, 0.3) is 0 Å². The molecule has 0 spiro atoms. The fourth-order valence-corrected chi connectivity index (χ4v) is 5.77. The Morgan fingerprint density at radius 2 is 2.00 bits per heavy atom. The number of aryl methyl sites for hydroxylation is 1. The molecule has 3 unspecified atom stereocenters. The number of fused-ring (bicyclic) bond motifs is 9. The van der Waals surface area contributed by atoms with Crippen molar-refractivity contribution >= 4 is 5.97 Å². The topological polar surface area (TPSA) is 88.0 Å². The summed E-state index contributed by atoms with van der Waals surface area (Å²) in [5.41, 5.74) is 3.06. The first kappa shape index (κ1) is 20.2. The zero-order valence-electron chi connectivity index (χ0n) is 17.8. The molecular formula is C25H29NO5. The van der Waals surface area contributed by atoms with Crippen LogP contribution in [0.3, 0.4) is 0 Å². The van der Waals surface area contributed by atoms with E-state index in [2.05, 4.69) is 5.32 Å². The van der Waals surface area contributed by atoms with E-state index in [1.54, 1.807) is 12.1 Å². The van der Waals surface area contributed by atoms with Gasteiger partial charge in [0, 0.05) is 29.5 Å². The van der Waals surface area contributed by atoms with Crippen LogP contribution < -0.4 is 10.1 Å². The van der Waals surface area contributed by atoms with E-state index in [4.69, 9.17) is 9.47 Å². The molecule has 0 aromatic heterocycles. The summed E-state index contributed by atoms with van der Waals surface area (Å²) >= 11 is 0. The molecule has 0 amide bonds. The van der Waals surface area contributed by atoms with Crippen molar-refractivity contribution in [1.29, 1.82) is 0 Å². The molecule has 2 aliphatic heterocycles. The summed E-state index contributed by atoms with van der Waals surface area (Å²) in [6, 6.07) is 9.34. The van der Waals surface area contributed by atoms with Crippen LogP contribution in [0.5, 0.6) is 17.2 Å².